The maximum atomic E-state index is 10.7. The van der Waals surface area contributed by atoms with Crippen molar-refractivity contribution in [1.82, 2.24) is 5.32 Å². The first-order chi connectivity index (χ1) is 7.04. The molecule has 6 nitrogen and oxygen atoms in total. The molecule has 1 heterocycles. The van der Waals surface area contributed by atoms with Crippen molar-refractivity contribution in [1.29, 1.82) is 0 Å². The van der Waals surface area contributed by atoms with E-state index in [1.54, 1.807) is 0 Å². The van der Waals surface area contributed by atoms with E-state index in [0.717, 1.165) is 0 Å². The maximum absolute atomic E-state index is 10.7. The normalized spacial score (nSPS) is 20.4. The third-order valence-electron chi connectivity index (χ3n) is 1.91. The highest BCUT2D eigenvalue weighted by atomic mass is 16.4. The van der Waals surface area contributed by atoms with Gasteiger partial charge in [-0.15, -0.1) is 0 Å². The Hall–Kier alpha value is -2.11. The second-order valence-electron chi connectivity index (χ2n) is 2.98. The largest absolute Gasteiger partial charge is 0.480 e. The van der Waals surface area contributed by atoms with Crippen LogP contribution in [0, 0.1) is 0 Å². The smallest absolute Gasteiger partial charge is 0.351 e. The van der Waals surface area contributed by atoms with Gasteiger partial charge in [-0.05, 0) is 11.6 Å². The summed E-state index contributed by atoms with van der Waals surface area (Å²) >= 11 is 0. The van der Waals surface area contributed by atoms with Crippen molar-refractivity contribution in [2.75, 3.05) is 0 Å². The van der Waals surface area contributed by atoms with Crippen LogP contribution in [0.2, 0.25) is 0 Å². The van der Waals surface area contributed by atoms with E-state index in [9.17, 15) is 14.4 Å². The van der Waals surface area contributed by atoms with Crippen LogP contribution in [0.5, 0.6) is 0 Å². The Morgan fingerprint density at radius 1 is 1.40 bits per heavy atom. The number of aliphatic carboxylic acids is 2. The van der Waals surface area contributed by atoms with Crippen molar-refractivity contribution in [3.63, 3.8) is 0 Å². The molecule has 0 fully saturated rings. The van der Waals surface area contributed by atoms with Gasteiger partial charge in [-0.3, -0.25) is 4.79 Å². The van der Waals surface area contributed by atoms with Gasteiger partial charge in [0.1, 0.15) is 18.0 Å². The minimum atomic E-state index is -1.26. The molecule has 3 N–H and O–H groups in total. The van der Waals surface area contributed by atoms with Crippen LogP contribution in [-0.2, 0) is 14.4 Å². The highest BCUT2D eigenvalue weighted by Gasteiger charge is 2.23. The van der Waals surface area contributed by atoms with E-state index in [4.69, 9.17) is 10.2 Å². The minimum Gasteiger partial charge on any atom is -0.480 e. The first kappa shape index (κ1) is 11.0. The lowest BCUT2D eigenvalue weighted by Crippen LogP contribution is -2.37. The minimum absolute atomic E-state index is 0.0356. The number of hydrogen-bond donors (Lipinski definition) is 3. The van der Waals surface area contributed by atoms with E-state index in [1.165, 1.54) is 12.2 Å². The number of aldehydes is 1. The van der Waals surface area contributed by atoms with Crippen LogP contribution in [0.15, 0.2) is 23.4 Å². The molecule has 0 aliphatic carbocycles. The lowest BCUT2D eigenvalue weighted by molar-refractivity contribution is -0.139. The summed E-state index contributed by atoms with van der Waals surface area (Å²) in [4.78, 5) is 31.8. The fourth-order valence-electron chi connectivity index (χ4n) is 1.15. The molecule has 1 aliphatic heterocycles. The Bertz CT molecular complexity index is 369. The molecule has 0 aromatic rings. The van der Waals surface area contributed by atoms with Gasteiger partial charge in [0.25, 0.3) is 0 Å². The summed E-state index contributed by atoms with van der Waals surface area (Å²) in [6.45, 7) is 0. The zero-order chi connectivity index (χ0) is 11.4. The highest BCUT2D eigenvalue weighted by Crippen LogP contribution is 2.10. The molecule has 1 rings (SSSR count). The molecule has 80 valence electrons. The van der Waals surface area contributed by atoms with Gasteiger partial charge < -0.3 is 15.5 Å². The van der Waals surface area contributed by atoms with Crippen LogP contribution in [-0.4, -0.2) is 34.5 Å². The van der Waals surface area contributed by atoms with Crippen LogP contribution in [0.3, 0.4) is 0 Å². The fourth-order valence-corrected chi connectivity index (χ4v) is 1.15. The predicted molar refractivity (Wildman–Crippen MR) is 49.0 cm³/mol. The number of rotatable bonds is 3. The summed E-state index contributed by atoms with van der Waals surface area (Å²) in [6, 6.07) is -1.09. The standard InChI is InChI=1S/C9H9NO5/c11-4-5-1-2-6(8(12)13)10-7(3-5)9(14)15/h1-2,4,7,10H,3H2,(H,12,13)(H,14,15)/t7-/m0/s1. The van der Waals surface area contributed by atoms with Gasteiger partial charge in [0.15, 0.2) is 0 Å². The van der Waals surface area contributed by atoms with Crippen LogP contribution < -0.4 is 5.32 Å². The average molecular weight is 211 g/mol. The molecule has 1 atom stereocenters. The van der Waals surface area contributed by atoms with Gasteiger partial charge in [-0.2, -0.15) is 0 Å². The molecule has 0 saturated carbocycles. The summed E-state index contributed by atoms with van der Waals surface area (Å²) < 4.78 is 0. The third kappa shape index (κ3) is 2.67. The molecular weight excluding hydrogens is 202 g/mol. The van der Waals surface area contributed by atoms with E-state index in [-0.39, 0.29) is 17.7 Å². The first-order valence-electron chi connectivity index (χ1n) is 4.13. The van der Waals surface area contributed by atoms with E-state index >= 15 is 0 Å². The zero-order valence-electron chi connectivity index (χ0n) is 7.64. The van der Waals surface area contributed by atoms with Gasteiger partial charge >= 0.3 is 11.9 Å². The first-order valence-corrected chi connectivity index (χ1v) is 4.13. The summed E-state index contributed by atoms with van der Waals surface area (Å²) in [5.41, 5.74) is 0.00500. The highest BCUT2D eigenvalue weighted by molar-refractivity contribution is 5.89. The summed E-state index contributed by atoms with van der Waals surface area (Å²) in [5, 5.41) is 19.8. The Labute approximate surface area is 84.9 Å². The molecule has 0 saturated heterocycles. The number of carboxylic acids is 2. The second kappa shape index (κ2) is 4.41. The van der Waals surface area contributed by atoms with E-state index in [2.05, 4.69) is 5.32 Å². The van der Waals surface area contributed by atoms with Crippen molar-refractivity contribution < 1.29 is 24.6 Å². The van der Waals surface area contributed by atoms with E-state index in [0.29, 0.717) is 6.29 Å². The summed E-state index contributed by atoms with van der Waals surface area (Å²) in [7, 11) is 0. The molecule has 0 aromatic carbocycles. The lowest BCUT2D eigenvalue weighted by atomic mass is 10.1. The Morgan fingerprint density at radius 2 is 2.07 bits per heavy atom. The van der Waals surface area contributed by atoms with Crippen LogP contribution >= 0.6 is 0 Å². The monoisotopic (exact) mass is 211 g/mol. The Balaban J connectivity index is 2.99. The van der Waals surface area contributed by atoms with Gasteiger partial charge in [-0.25, -0.2) is 9.59 Å². The molecule has 1 aliphatic rings. The molecule has 0 unspecified atom stereocenters. The Kier molecular flexibility index (Phi) is 3.22. The fraction of sp³-hybridized carbons (Fsp3) is 0.222. The molecule has 0 bridgehead atoms. The summed E-state index contributed by atoms with van der Waals surface area (Å²) in [5.74, 6) is -2.46. The molecule has 0 spiro atoms. The van der Waals surface area contributed by atoms with Crippen LogP contribution in [0.25, 0.3) is 0 Å². The lowest BCUT2D eigenvalue weighted by Gasteiger charge is -2.13. The number of hydrogen-bond acceptors (Lipinski definition) is 4. The molecule has 0 amide bonds. The molecule has 0 radical (unpaired) electrons. The molecular formula is C9H9NO5. The van der Waals surface area contributed by atoms with E-state index in [1.807, 2.05) is 0 Å². The molecule has 6 heteroatoms. The van der Waals surface area contributed by atoms with Gasteiger partial charge in [0.2, 0.25) is 0 Å². The van der Waals surface area contributed by atoms with Gasteiger partial charge in [-0.1, -0.05) is 6.08 Å². The molecule has 15 heavy (non-hydrogen) atoms. The van der Waals surface area contributed by atoms with Crippen molar-refractivity contribution in [3.8, 4) is 0 Å². The van der Waals surface area contributed by atoms with Gasteiger partial charge in [0.05, 0.1) is 0 Å². The quantitative estimate of drug-likeness (QED) is 0.545. The van der Waals surface area contributed by atoms with E-state index < -0.39 is 18.0 Å². The molecule has 0 aromatic heterocycles. The topological polar surface area (TPSA) is 104 Å². The van der Waals surface area contributed by atoms with Crippen LogP contribution in [0.1, 0.15) is 6.42 Å². The number of carbonyl (C=O) groups is 3. The summed E-state index contributed by atoms with van der Waals surface area (Å²) in [6.07, 6.45) is 2.95. The van der Waals surface area contributed by atoms with Crippen LogP contribution in [0.4, 0.5) is 0 Å². The average Bonchev–Trinajstić information content (AvgIpc) is 2.39. The van der Waals surface area contributed by atoms with Crippen molar-refractivity contribution in [2.24, 2.45) is 0 Å². The predicted octanol–water partition coefficient (Wildman–Crippen LogP) is -0.473. The number of nitrogens with one attached hydrogen (secondary N) is 1. The third-order valence-corrected chi connectivity index (χ3v) is 1.91. The zero-order valence-corrected chi connectivity index (χ0v) is 7.64. The second-order valence-corrected chi connectivity index (χ2v) is 2.98. The van der Waals surface area contributed by atoms with Crippen molar-refractivity contribution in [2.45, 2.75) is 12.5 Å². The SMILES string of the molecule is O=CC1=CC=C(C(=O)O)N[C@H](C(=O)O)C1. The van der Waals surface area contributed by atoms with Crippen molar-refractivity contribution in [3.05, 3.63) is 23.4 Å². The van der Waals surface area contributed by atoms with Crippen molar-refractivity contribution >= 4 is 18.2 Å². The number of carbonyl (C=O) groups excluding carboxylic acids is 1. The number of allylic oxidation sites excluding steroid dienone is 2. The van der Waals surface area contributed by atoms with Gasteiger partial charge in [0, 0.05) is 6.42 Å². The maximum Gasteiger partial charge on any atom is 0.351 e. The Morgan fingerprint density at radius 3 is 2.53 bits per heavy atom. The number of carboxylic acid groups (broad SMARTS) is 2.